The Morgan fingerprint density at radius 3 is 2.63 bits per heavy atom. The molecule has 0 spiro atoms. The summed E-state index contributed by atoms with van der Waals surface area (Å²) >= 11 is 0. The summed E-state index contributed by atoms with van der Waals surface area (Å²) < 4.78 is 16.6. The molecular formula is C23H31NO3. The van der Waals surface area contributed by atoms with E-state index < -0.39 is 0 Å². The SMILES string of the molecule is CNCC(Cc1cccc(OC)c1)C1CCCc2c1ccc(OC)c2OC. The Balaban J connectivity index is 1.93. The van der Waals surface area contributed by atoms with Gasteiger partial charge < -0.3 is 19.5 Å². The highest BCUT2D eigenvalue weighted by Gasteiger charge is 2.30. The maximum Gasteiger partial charge on any atom is 0.164 e. The molecule has 1 aliphatic carbocycles. The van der Waals surface area contributed by atoms with Crippen LogP contribution in [-0.4, -0.2) is 34.9 Å². The molecule has 0 saturated carbocycles. The average Bonchev–Trinajstić information content (AvgIpc) is 2.72. The van der Waals surface area contributed by atoms with E-state index in [0.717, 1.165) is 36.6 Å². The van der Waals surface area contributed by atoms with Crippen LogP contribution in [0, 0.1) is 5.92 Å². The van der Waals surface area contributed by atoms with Gasteiger partial charge in [-0.1, -0.05) is 18.2 Å². The molecule has 0 aliphatic heterocycles. The molecule has 27 heavy (non-hydrogen) atoms. The number of methoxy groups -OCH3 is 3. The molecule has 4 nitrogen and oxygen atoms in total. The van der Waals surface area contributed by atoms with Gasteiger partial charge in [-0.3, -0.25) is 0 Å². The maximum absolute atomic E-state index is 5.71. The number of fused-ring (bicyclic) bond motifs is 1. The summed E-state index contributed by atoms with van der Waals surface area (Å²) in [6, 6.07) is 12.7. The van der Waals surface area contributed by atoms with Crippen molar-refractivity contribution >= 4 is 0 Å². The molecule has 1 aliphatic rings. The zero-order chi connectivity index (χ0) is 19.2. The van der Waals surface area contributed by atoms with Crippen molar-refractivity contribution in [1.29, 1.82) is 0 Å². The summed E-state index contributed by atoms with van der Waals surface area (Å²) in [5.74, 6) is 3.68. The van der Waals surface area contributed by atoms with E-state index in [-0.39, 0.29) is 0 Å². The number of hydrogen-bond acceptors (Lipinski definition) is 4. The van der Waals surface area contributed by atoms with Crippen LogP contribution in [0.2, 0.25) is 0 Å². The smallest absolute Gasteiger partial charge is 0.164 e. The molecule has 3 rings (SSSR count). The van der Waals surface area contributed by atoms with E-state index in [9.17, 15) is 0 Å². The molecule has 0 aromatic heterocycles. The van der Waals surface area contributed by atoms with Gasteiger partial charge in [0.1, 0.15) is 5.75 Å². The summed E-state index contributed by atoms with van der Waals surface area (Å²) in [5.41, 5.74) is 4.06. The van der Waals surface area contributed by atoms with Crippen molar-refractivity contribution in [1.82, 2.24) is 5.32 Å². The second-order valence-electron chi connectivity index (χ2n) is 7.24. The fourth-order valence-electron chi connectivity index (χ4n) is 4.48. The third kappa shape index (κ3) is 4.22. The average molecular weight is 370 g/mol. The lowest BCUT2D eigenvalue weighted by Gasteiger charge is -2.34. The first-order valence-corrected chi connectivity index (χ1v) is 9.73. The van der Waals surface area contributed by atoms with Crippen molar-refractivity contribution in [3.05, 3.63) is 53.1 Å². The standard InChI is InChI=1S/C23H31NO3/c1-24-15-17(13-16-7-5-8-18(14-16)25-2)19-9-6-10-21-20(19)11-12-22(26-3)23(21)27-4/h5,7-8,11-12,14,17,19,24H,6,9-10,13,15H2,1-4H3. The van der Waals surface area contributed by atoms with Crippen LogP contribution in [0.4, 0.5) is 0 Å². The highest BCUT2D eigenvalue weighted by Crippen LogP contribution is 2.45. The zero-order valence-corrected chi connectivity index (χ0v) is 16.9. The minimum absolute atomic E-state index is 0.507. The minimum Gasteiger partial charge on any atom is -0.497 e. The molecule has 0 radical (unpaired) electrons. The third-order valence-electron chi connectivity index (χ3n) is 5.69. The summed E-state index contributed by atoms with van der Waals surface area (Å²) in [6.07, 6.45) is 4.46. The van der Waals surface area contributed by atoms with Crippen molar-refractivity contribution in [2.45, 2.75) is 31.6 Å². The van der Waals surface area contributed by atoms with Gasteiger partial charge in [0, 0.05) is 5.56 Å². The highest BCUT2D eigenvalue weighted by molar-refractivity contribution is 5.53. The van der Waals surface area contributed by atoms with E-state index in [1.54, 1.807) is 21.3 Å². The van der Waals surface area contributed by atoms with Crippen LogP contribution in [-0.2, 0) is 12.8 Å². The summed E-state index contributed by atoms with van der Waals surface area (Å²) in [7, 11) is 7.21. The molecule has 2 aromatic carbocycles. The van der Waals surface area contributed by atoms with Crippen molar-refractivity contribution in [2.24, 2.45) is 5.92 Å². The molecule has 0 bridgehead atoms. The van der Waals surface area contributed by atoms with Crippen LogP contribution in [0.25, 0.3) is 0 Å². The number of ether oxygens (including phenoxy) is 3. The molecule has 2 atom stereocenters. The first kappa shape index (κ1) is 19.6. The number of rotatable bonds is 8. The van der Waals surface area contributed by atoms with Gasteiger partial charge in [-0.25, -0.2) is 0 Å². The van der Waals surface area contributed by atoms with Gasteiger partial charge in [-0.15, -0.1) is 0 Å². The van der Waals surface area contributed by atoms with Crippen LogP contribution in [0.1, 0.15) is 35.4 Å². The van der Waals surface area contributed by atoms with Gasteiger partial charge in [-0.2, -0.15) is 0 Å². The van der Waals surface area contributed by atoms with Crippen molar-refractivity contribution < 1.29 is 14.2 Å². The Hall–Kier alpha value is -2.20. The predicted molar refractivity (Wildman–Crippen MR) is 109 cm³/mol. The third-order valence-corrected chi connectivity index (χ3v) is 5.69. The zero-order valence-electron chi connectivity index (χ0n) is 16.9. The molecule has 2 aromatic rings. The van der Waals surface area contributed by atoms with Gasteiger partial charge in [0.15, 0.2) is 11.5 Å². The molecular weight excluding hydrogens is 338 g/mol. The first-order valence-electron chi connectivity index (χ1n) is 9.73. The fraction of sp³-hybridized carbons (Fsp3) is 0.478. The lowest BCUT2D eigenvalue weighted by molar-refractivity contribution is 0.335. The van der Waals surface area contributed by atoms with Crippen LogP contribution in [0.3, 0.4) is 0 Å². The topological polar surface area (TPSA) is 39.7 Å². The van der Waals surface area contributed by atoms with E-state index in [1.807, 2.05) is 13.1 Å². The van der Waals surface area contributed by atoms with Gasteiger partial charge in [0.2, 0.25) is 0 Å². The van der Waals surface area contributed by atoms with Gasteiger partial charge in [0.25, 0.3) is 0 Å². The second-order valence-corrected chi connectivity index (χ2v) is 7.24. The van der Waals surface area contributed by atoms with E-state index in [4.69, 9.17) is 14.2 Å². The summed E-state index contributed by atoms with van der Waals surface area (Å²) in [4.78, 5) is 0. The van der Waals surface area contributed by atoms with Crippen molar-refractivity contribution in [2.75, 3.05) is 34.9 Å². The van der Waals surface area contributed by atoms with Crippen LogP contribution in [0.5, 0.6) is 17.2 Å². The van der Waals surface area contributed by atoms with Crippen LogP contribution in [0.15, 0.2) is 36.4 Å². The lowest BCUT2D eigenvalue weighted by atomic mass is 9.73. The van der Waals surface area contributed by atoms with Gasteiger partial charge in [-0.05, 0) is 80.4 Å². The molecule has 2 unspecified atom stereocenters. The fourth-order valence-corrected chi connectivity index (χ4v) is 4.48. The second kappa shape index (κ2) is 9.14. The van der Waals surface area contributed by atoms with E-state index >= 15 is 0 Å². The molecule has 4 heteroatoms. The maximum atomic E-state index is 5.71. The van der Waals surface area contributed by atoms with E-state index in [1.165, 1.54) is 29.5 Å². The van der Waals surface area contributed by atoms with Crippen LogP contribution >= 0.6 is 0 Å². The number of hydrogen-bond donors (Lipinski definition) is 1. The van der Waals surface area contributed by atoms with Crippen molar-refractivity contribution in [3.63, 3.8) is 0 Å². The summed E-state index contributed by atoms with van der Waals surface area (Å²) in [5, 5.41) is 3.41. The van der Waals surface area contributed by atoms with Crippen LogP contribution < -0.4 is 19.5 Å². The Morgan fingerprint density at radius 1 is 1.07 bits per heavy atom. The van der Waals surface area contributed by atoms with E-state index in [0.29, 0.717) is 11.8 Å². The molecule has 146 valence electrons. The monoisotopic (exact) mass is 369 g/mol. The Labute approximate surface area is 162 Å². The first-order chi connectivity index (χ1) is 13.2. The normalized spacial score (nSPS) is 17.1. The van der Waals surface area contributed by atoms with Crippen molar-refractivity contribution in [3.8, 4) is 17.2 Å². The molecule has 0 amide bonds. The van der Waals surface area contributed by atoms with Gasteiger partial charge in [0.05, 0.1) is 21.3 Å². The Morgan fingerprint density at radius 2 is 1.93 bits per heavy atom. The molecule has 0 heterocycles. The molecule has 0 fully saturated rings. The lowest BCUT2D eigenvalue weighted by Crippen LogP contribution is -2.29. The minimum atomic E-state index is 0.507. The predicted octanol–water partition coefficient (Wildman–Crippen LogP) is 4.21. The summed E-state index contributed by atoms with van der Waals surface area (Å²) in [6.45, 7) is 0.982. The largest absolute Gasteiger partial charge is 0.497 e. The molecule has 1 N–H and O–H groups in total. The van der Waals surface area contributed by atoms with E-state index in [2.05, 4.69) is 35.6 Å². The van der Waals surface area contributed by atoms with Gasteiger partial charge >= 0.3 is 0 Å². The Kier molecular flexibility index (Phi) is 6.62. The molecule has 0 saturated heterocycles. The number of nitrogens with one attached hydrogen (secondary N) is 1. The Bertz CT molecular complexity index is 759. The quantitative estimate of drug-likeness (QED) is 0.757. The highest BCUT2D eigenvalue weighted by atomic mass is 16.5. The number of benzene rings is 2.